The number of methoxy groups -OCH3 is 1. The van der Waals surface area contributed by atoms with Gasteiger partial charge in [-0.2, -0.15) is 0 Å². The molecule has 9 aliphatic rings. The molecule has 0 aromatic rings. The molecule has 0 aromatic heterocycles. The van der Waals surface area contributed by atoms with Gasteiger partial charge in [0.1, 0.15) is 91.6 Å². The Hall–Kier alpha value is -1.48. The van der Waals surface area contributed by atoms with Crippen LogP contribution in [0.5, 0.6) is 0 Å². The van der Waals surface area contributed by atoms with Gasteiger partial charge in [0, 0.05) is 19.4 Å². The van der Waals surface area contributed by atoms with E-state index in [4.69, 9.17) is 47.4 Å². The molecule has 0 spiro atoms. The molecule has 76 heavy (non-hydrogen) atoms. The maximum absolute atomic E-state index is 12.5. The molecule has 24 nitrogen and oxygen atoms in total. The first-order valence-corrected chi connectivity index (χ1v) is 27.1. The summed E-state index contributed by atoms with van der Waals surface area (Å²) >= 11 is 0. The van der Waals surface area contributed by atoms with Crippen LogP contribution in [0.15, 0.2) is 23.8 Å². The number of allylic oxidation sites excluding steroid dienone is 1. The largest absolute Gasteiger partial charge is 0.394 e. The van der Waals surface area contributed by atoms with Crippen molar-refractivity contribution in [2.24, 2.45) is 40.4 Å². The summed E-state index contributed by atoms with van der Waals surface area (Å²) in [5.41, 5.74) is 1.04. The lowest BCUT2D eigenvalue weighted by Gasteiger charge is -2.60. The fourth-order valence-electron chi connectivity index (χ4n) is 15.2. The molecule has 5 aliphatic heterocycles. The second-order valence-corrected chi connectivity index (χ2v) is 23.8. The number of hydrogen-bond donors (Lipinski definition) is 14. The molecule has 0 bridgehead atoms. The fraction of sp³-hybridized carbons (Fsp3) is 0.923. The van der Waals surface area contributed by atoms with Gasteiger partial charge in [-0.15, -0.1) is 0 Å². The minimum absolute atomic E-state index is 0.0258. The van der Waals surface area contributed by atoms with E-state index in [0.29, 0.717) is 50.5 Å². The van der Waals surface area contributed by atoms with Crippen molar-refractivity contribution in [1.29, 1.82) is 0 Å². The standard InChI is InChI=1S/C52H84O24/c1-20(18-68-46-42(64)39(61)35(57)29(16-53)72-46)9-12-52(67-6)21(2)32-28(76-52)14-26-25-8-7-23-13-24(10-11-50(23,4)33(25)27(55)15-51(26,32)5)71-49-45(75-48-44(66)38(60)34(56)22(3)70-48)41(63)37(59)31(74-49)19-69-47-43(65)40(62)36(58)30(17-54)73-47/h7,21-22,24-49,53-66H,1,8-19H2,2-6H3/t21-,22-,24-,25-,26-,27+,28-,29+,30+,31+,32-,33+,34-,35+,36+,37+,38+,39-,40-,41-,42+,43+,44+,45+,46+,47+,48-,49+,50-,51-,52+/m0/s1. The van der Waals surface area contributed by atoms with Gasteiger partial charge < -0.3 is 119 Å². The normalized spacial score (nSPS) is 54.3. The van der Waals surface area contributed by atoms with Crippen LogP contribution in [0.3, 0.4) is 0 Å². The van der Waals surface area contributed by atoms with Crippen LogP contribution < -0.4 is 0 Å². The first kappa shape index (κ1) is 59.2. The molecular formula is C52H84O24. The third kappa shape index (κ3) is 10.4. The zero-order valence-electron chi connectivity index (χ0n) is 43.8. The van der Waals surface area contributed by atoms with E-state index in [0.717, 1.165) is 12.0 Å². The first-order chi connectivity index (χ1) is 35.9. The number of ether oxygens (including phenoxy) is 10. The number of fused-ring (bicyclic) bond motifs is 7. The second kappa shape index (κ2) is 23.0. The van der Waals surface area contributed by atoms with Crippen LogP contribution in [0, 0.1) is 40.4 Å². The van der Waals surface area contributed by atoms with Crippen LogP contribution in [0.1, 0.15) is 79.1 Å². The van der Waals surface area contributed by atoms with E-state index in [1.807, 2.05) is 0 Å². The Morgan fingerprint density at radius 1 is 0.684 bits per heavy atom. The monoisotopic (exact) mass is 1090 g/mol. The molecule has 3 saturated carbocycles. The van der Waals surface area contributed by atoms with Gasteiger partial charge in [0.2, 0.25) is 0 Å². The summed E-state index contributed by atoms with van der Waals surface area (Å²) in [6.45, 7) is 10.4. The average molecular weight is 1090 g/mol. The highest BCUT2D eigenvalue weighted by atomic mass is 16.8. The molecule has 4 aliphatic carbocycles. The van der Waals surface area contributed by atoms with E-state index in [1.54, 1.807) is 7.11 Å². The van der Waals surface area contributed by atoms with Crippen LogP contribution in [0.2, 0.25) is 0 Å². The minimum atomic E-state index is -1.79. The molecule has 436 valence electrons. The highest BCUT2D eigenvalue weighted by molar-refractivity contribution is 5.28. The van der Waals surface area contributed by atoms with E-state index in [9.17, 15) is 71.5 Å². The molecular weight excluding hydrogens is 1010 g/mol. The summed E-state index contributed by atoms with van der Waals surface area (Å²) < 4.78 is 60.4. The van der Waals surface area contributed by atoms with Gasteiger partial charge in [-0.05, 0) is 86.4 Å². The van der Waals surface area contributed by atoms with Gasteiger partial charge >= 0.3 is 0 Å². The summed E-state index contributed by atoms with van der Waals surface area (Å²) in [5, 5.41) is 149. The predicted octanol–water partition coefficient (Wildman–Crippen LogP) is -3.46. The highest BCUT2D eigenvalue weighted by Crippen LogP contribution is 2.70. The summed E-state index contributed by atoms with van der Waals surface area (Å²) in [7, 11) is 1.64. The maximum Gasteiger partial charge on any atom is 0.187 e. The SMILES string of the molecule is C=C(CC[C@@]1(OC)O[C@H]2C[C@H]3[C@@H]4CC=C5C[C@@H](O[C@@H]6O[C@H](CO[C@@H]7O[C@H](CO)[C@@H](O)[C@H](O)[C@H]7O)[C@@H](O)[C@H](O)[C@H]6O[C@@H]6O[C@@H](C)[C@H](O)[C@@H](O)[C@H]6O)CC[C@]5(C)[C@H]4[C@H](O)C[C@]3(C)[C@H]2[C@@H]1C)CO[C@@H]1O[C@H](CO)[C@@H](O)[C@H](O)[C@H]1O. The highest BCUT2D eigenvalue weighted by Gasteiger charge is 2.70. The molecule has 24 heteroatoms. The van der Waals surface area contributed by atoms with Crippen molar-refractivity contribution in [3.63, 3.8) is 0 Å². The predicted molar refractivity (Wildman–Crippen MR) is 256 cm³/mol. The number of hydrogen-bond acceptors (Lipinski definition) is 24. The van der Waals surface area contributed by atoms with E-state index in [2.05, 4.69) is 33.4 Å². The summed E-state index contributed by atoms with van der Waals surface area (Å²) in [6, 6.07) is 0. The molecule has 0 aromatic carbocycles. The molecule has 8 fully saturated rings. The number of aliphatic hydroxyl groups excluding tert-OH is 14. The molecule has 5 saturated heterocycles. The summed E-state index contributed by atoms with van der Waals surface area (Å²) in [4.78, 5) is 0. The van der Waals surface area contributed by atoms with E-state index in [-0.39, 0.29) is 47.7 Å². The Morgan fingerprint density at radius 3 is 1.91 bits per heavy atom. The third-order valence-electron chi connectivity index (χ3n) is 19.5. The molecule has 0 radical (unpaired) electrons. The average Bonchev–Trinajstić information content (AvgIpc) is 3.90. The van der Waals surface area contributed by atoms with Crippen molar-refractivity contribution in [3.05, 3.63) is 23.8 Å². The molecule has 31 atom stereocenters. The van der Waals surface area contributed by atoms with Gasteiger partial charge in [0.05, 0.1) is 50.8 Å². The lowest BCUT2D eigenvalue weighted by molar-refractivity contribution is -0.375. The smallest absolute Gasteiger partial charge is 0.187 e. The summed E-state index contributed by atoms with van der Waals surface area (Å²) in [5.74, 6) is -0.685. The lowest BCUT2D eigenvalue weighted by Crippen LogP contribution is -2.65. The number of rotatable bonds is 16. The van der Waals surface area contributed by atoms with Crippen LogP contribution in [-0.2, 0) is 47.4 Å². The van der Waals surface area contributed by atoms with Crippen molar-refractivity contribution in [2.75, 3.05) is 33.5 Å². The van der Waals surface area contributed by atoms with Crippen molar-refractivity contribution >= 4 is 0 Å². The van der Waals surface area contributed by atoms with Crippen molar-refractivity contribution in [3.8, 4) is 0 Å². The van der Waals surface area contributed by atoms with Crippen LogP contribution in [-0.4, -0.2) is 252 Å². The van der Waals surface area contributed by atoms with E-state index in [1.165, 1.54) is 6.92 Å². The van der Waals surface area contributed by atoms with E-state index >= 15 is 0 Å². The summed E-state index contributed by atoms with van der Waals surface area (Å²) in [6.07, 6.45) is -25.0. The van der Waals surface area contributed by atoms with Crippen molar-refractivity contribution in [2.45, 2.75) is 226 Å². The van der Waals surface area contributed by atoms with Gasteiger partial charge in [-0.1, -0.05) is 44.6 Å². The minimum Gasteiger partial charge on any atom is -0.394 e. The Morgan fingerprint density at radius 2 is 1.28 bits per heavy atom. The van der Waals surface area contributed by atoms with Gasteiger partial charge in [0.25, 0.3) is 0 Å². The molecule has 0 amide bonds. The third-order valence-corrected chi connectivity index (χ3v) is 19.5. The molecule has 0 unspecified atom stereocenters. The van der Waals surface area contributed by atoms with Crippen LogP contribution in [0.4, 0.5) is 0 Å². The quantitative estimate of drug-likeness (QED) is 0.0668. The zero-order chi connectivity index (χ0) is 55.1. The molecule has 14 N–H and O–H groups in total. The van der Waals surface area contributed by atoms with Crippen LogP contribution in [0.25, 0.3) is 0 Å². The molecule has 5 heterocycles. The number of aliphatic hydroxyl groups is 14. The van der Waals surface area contributed by atoms with Gasteiger partial charge in [0.15, 0.2) is 30.9 Å². The Bertz CT molecular complexity index is 2020. The van der Waals surface area contributed by atoms with Gasteiger partial charge in [-0.3, -0.25) is 0 Å². The lowest BCUT2D eigenvalue weighted by atomic mass is 9.46. The topological polar surface area (TPSA) is 376 Å². The van der Waals surface area contributed by atoms with Gasteiger partial charge in [-0.25, -0.2) is 0 Å². The van der Waals surface area contributed by atoms with E-state index < -0.39 is 166 Å². The Balaban J connectivity index is 0.864. The zero-order valence-corrected chi connectivity index (χ0v) is 43.8. The Kier molecular flexibility index (Phi) is 17.9. The molecule has 9 rings (SSSR count). The maximum atomic E-state index is 12.5. The van der Waals surface area contributed by atoms with Crippen molar-refractivity contribution in [1.82, 2.24) is 0 Å². The second-order valence-electron chi connectivity index (χ2n) is 23.8. The first-order valence-electron chi connectivity index (χ1n) is 27.1. The fourth-order valence-corrected chi connectivity index (χ4v) is 15.2. The van der Waals surface area contributed by atoms with Crippen molar-refractivity contribution < 1.29 is 119 Å². The Labute approximate surface area is 441 Å². The van der Waals surface area contributed by atoms with Crippen LogP contribution >= 0.6 is 0 Å².